The van der Waals surface area contributed by atoms with E-state index in [2.05, 4.69) is 11.8 Å². The maximum atomic E-state index is 11.2. The van der Waals surface area contributed by atoms with E-state index in [1.165, 1.54) is 0 Å². The Bertz CT molecular complexity index is 318. The molecule has 5 nitrogen and oxygen atoms in total. The summed E-state index contributed by atoms with van der Waals surface area (Å²) in [5.41, 5.74) is -0.843. The van der Waals surface area contributed by atoms with E-state index in [4.69, 9.17) is 14.6 Å². The summed E-state index contributed by atoms with van der Waals surface area (Å²) in [6.45, 7) is 2.16. The minimum atomic E-state index is -1.02. The van der Waals surface area contributed by atoms with Crippen molar-refractivity contribution in [2.24, 2.45) is 0 Å². The summed E-state index contributed by atoms with van der Waals surface area (Å²) in [6, 6.07) is 0. The number of ether oxygens (including phenoxy) is 2. The average Bonchev–Trinajstić information content (AvgIpc) is 2.11. The fourth-order valence-electron chi connectivity index (χ4n) is 1.15. The summed E-state index contributed by atoms with van der Waals surface area (Å²) in [4.78, 5) is 21.4. The third kappa shape index (κ3) is 3.26. The van der Waals surface area contributed by atoms with Gasteiger partial charge in [0.2, 0.25) is 5.60 Å². The monoisotopic (exact) mass is 212 g/mol. The second-order valence-corrected chi connectivity index (χ2v) is 3.23. The first kappa shape index (κ1) is 11.5. The molecule has 0 spiro atoms. The zero-order valence-corrected chi connectivity index (χ0v) is 8.41. The topological polar surface area (TPSA) is 72.8 Å². The predicted octanol–water partition coefficient (Wildman–Crippen LogP) is 0.187. The highest BCUT2D eigenvalue weighted by Gasteiger charge is 2.41. The zero-order chi connectivity index (χ0) is 11.3. The van der Waals surface area contributed by atoms with Crippen molar-refractivity contribution in [3.05, 3.63) is 0 Å². The minimum absolute atomic E-state index is 0.136. The van der Waals surface area contributed by atoms with Crippen LogP contribution in [0.2, 0.25) is 0 Å². The van der Waals surface area contributed by atoms with Gasteiger partial charge in [-0.05, 0) is 6.92 Å². The molecule has 1 aliphatic rings. The molecule has 5 heteroatoms. The molecule has 0 saturated carbocycles. The molecule has 0 aromatic rings. The second kappa shape index (κ2) is 4.80. The van der Waals surface area contributed by atoms with Gasteiger partial charge in [-0.15, -0.1) is 5.92 Å². The number of carboxylic acid groups (broad SMARTS) is 1. The Morgan fingerprint density at radius 3 is 2.53 bits per heavy atom. The van der Waals surface area contributed by atoms with Crippen LogP contribution < -0.4 is 0 Å². The van der Waals surface area contributed by atoms with Crippen molar-refractivity contribution in [3.63, 3.8) is 0 Å². The van der Waals surface area contributed by atoms with Crippen LogP contribution in [0.15, 0.2) is 0 Å². The molecule has 0 bridgehead atoms. The number of esters is 1. The van der Waals surface area contributed by atoms with Gasteiger partial charge < -0.3 is 14.6 Å². The summed E-state index contributed by atoms with van der Waals surface area (Å²) in [5, 5.41) is 8.37. The molecule has 0 aliphatic carbocycles. The third-order valence-corrected chi connectivity index (χ3v) is 1.88. The van der Waals surface area contributed by atoms with Crippen molar-refractivity contribution >= 4 is 11.9 Å². The van der Waals surface area contributed by atoms with Crippen LogP contribution in [-0.4, -0.2) is 35.9 Å². The van der Waals surface area contributed by atoms with Crippen LogP contribution in [-0.2, 0) is 19.1 Å². The van der Waals surface area contributed by atoms with Crippen LogP contribution in [0.25, 0.3) is 0 Å². The Labute approximate surface area is 87.4 Å². The number of carbonyl (C=O) groups is 2. The fraction of sp³-hybridized carbons (Fsp3) is 0.600. The van der Waals surface area contributed by atoms with E-state index in [0.29, 0.717) is 0 Å². The summed E-state index contributed by atoms with van der Waals surface area (Å²) < 4.78 is 9.99. The molecule has 1 N–H and O–H groups in total. The highest BCUT2D eigenvalue weighted by atomic mass is 16.6. The van der Waals surface area contributed by atoms with E-state index >= 15 is 0 Å². The normalized spacial score (nSPS) is 16.9. The van der Waals surface area contributed by atoms with Gasteiger partial charge in [0.25, 0.3) is 0 Å². The Morgan fingerprint density at radius 2 is 2.13 bits per heavy atom. The molecule has 1 aliphatic heterocycles. The molecular formula is C10H12O5. The second-order valence-electron chi connectivity index (χ2n) is 3.23. The van der Waals surface area contributed by atoms with E-state index in [9.17, 15) is 9.59 Å². The van der Waals surface area contributed by atoms with Gasteiger partial charge in [-0.2, -0.15) is 0 Å². The molecule has 1 saturated heterocycles. The molecule has 0 atom stereocenters. The van der Waals surface area contributed by atoms with Crippen molar-refractivity contribution in [2.45, 2.75) is 25.4 Å². The lowest BCUT2D eigenvalue weighted by molar-refractivity contribution is -0.192. The quantitative estimate of drug-likeness (QED) is 0.532. The van der Waals surface area contributed by atoms with Crippen LogP contribution in [0.4, 0.5) is 0 Å². The summed E-state index contributed by atoms with van der Waals surface area (Å²) >= 11 is 0. The summed E-state index contributed by atoms with van der Waals surface area (Å²) in [7, 11) is 0. The lowest BCUT2D eigenvalue weighted by Gasteiger charge is -2.35. The van der Waals surface area contributed by atoms with Crippen LogP contribution in [0.1, 0.15) is 19.8 Å². The minimum Gasteiger partial charge on any atom is -0.481 e. The van der Waals surface area contributed by atoms with Gasteiger partial charge >= 0.3 is 11.9 Å². The van der Waals surface area contributed by atoms with E-state index in [0.717, 1.165) is 0 Å². The lowest BCUT2D eigenvalue weighted by atomic mass is 10.0. The zero-order valence-electron chi connectivity index (χ0n) is 8.41. The van der Waals surface area contributed by atoms with Gasteiger partial charge in [0.1, 0.15) is 13.2 Å². The Hall–Kier alpha value is -1.54. The number of carboxylic acids is 1. The number of hydrogen-bond acceptors (Lipinski definition) is 4. The molecule has 1 rings (SSSR count). The van der Waals surface area contributed by atoms with Crippen LogP contribution in [0.3, 0.4) is 0 Å². The van der Waals surface area contributed by atoms with Gasteiger partial charge in [-0.25, -0.2) is 0 Å². The standard InChI is InChI=1S/C10H12O5/c1-2-5-10(6-14-7-10)15-9(13)4-3-8(11)12/h3-4,6-7H2,1H3,(H,11,12). The van der Waals surface area contributed by atoms with Crippen LogP contribution >= 0.6 is 0 Å². The van der Waals surface area contributed by atoms with Crippen molar-refractivity contribution in [1.29, 1.82) is 0 Å². The molecule has 1 fully saturated rings. The van der Waals surface area contributed by atoms with Crippen molar-refractivity contribution in [2.75, 3.05) is 13.2 Å². The van der Waals surface area contributed by atoms with Crippen molar-refractivity contribution in [3.8, 4) is 11.8 Å². The molecule has 0 unspecified atom stereocenters. The fourth-order valence-corrected chi connectivity index (χ4v) is 1.15. The maximum Gasteiger partial charge on any atom is 0.308 e. The SMILES string of the molecule is CC#CC1(OC(=O)CCC(=O)O)COC1. The molecule has 1 heterocycles. The molecule has 15 heavy (non-hydrogen) atoms. The molecular weight excluding hydrogens is 200 g/mol. The molecule has 0 amide bonds. The smallest absolute Gasteiger partial charge is 0.308 e. The Morgan fingerprint density at radius 1 is 1.47 bits per heavy atom. The van der Waals surface area contributed by atoms with Gasteiger partial charge in [0, 0.05) is 0 Å². The highest BCUT2D eigenvalue weighted by Crippen LogP contribution is 2.21. The Kier molecular flexibility index (Phi) is 3.69. The number of carbonyl (C=O) groups excluding carboxylic acids is 1. The first-order valence-corrected chi connectivity index (χ1v) is 4.53. The van der Waals surface area contributed by atoms with E-state index in [1.54, 1.807) is 6.92 Å². The largest absolute Gasteiger partial charge is 0.481 e. The molecule has 0 radical (unpaired) electrons. The number of aliphatic carboxylic acids is 1. The summed E-state index contributed by atoms with van der Waals surface area (Å²) in [5.74, 6) is 3.83. The Balaban J connectivity index is 2.41. The average molecular weight is 212 g/mol. The highest BCUT2D eigenvalue weighted by molar-refractivity contribution is 5.77. The maximum absolute atomic E-state index is 11.2. The molecule has 0 aromatic carbocycles. The lowest BCUT2D eigenvalue weighted by Crippen LogP contribution is -2.52. The van der Waals surface area contributed by atoms with Crippen molar-refractivity contribution in [1.82, 2.24) is 0 Å². The first-order chi connectivity index (χ1) is 7.08. The van der Waals surface area contributed by atoms with Crippen LogP contribution in [0.5, 0.6) is 0 Å². The van der Waals surface area contributed by atoms with E-state index in [-0.39, 0.29) is 26.1 Å². The first-order valence-electron chi connectivity index (χ1n) is 4.53. The predicted molar refractivity (Wildman–Crippen MR) is 50.0 cm³/mol. The van der Waals surface area contributed by atoms with Crippen molar-refractivity contribution < 1.29 is 24.2 Å². The van der Waals surface area contributed by atoms with E-state index in [1.807, 2.05) is 0 Å². The van der Waals surface area contributed by atoms with E-state index < -0.39 is 17.5 Å². The third-order valence-electron chi connectivity index (χ3n) is 1.88. The summed E-state index contributed by atoms with van der Waals surface area (Å²) in [6.07, 6.45) is -0.363. The van der Waals surface area contributed by atoms with Gasteiger partial charge in [-0.1, -0.05) is 5.92 Å². The van der Waals surface area contributed by atoms with Gasteiger partial charge in [-0.3, -0.25) is 9.59 Å². The number of rotatable bonds is 4. The molecule has 82 valence electrons. The number of hydrogen-bond donors (Lipinski definition) is 1. The van der Waals surface area contributed by atoms with Gasteiger partial charge in [0.05, 0.1) is 12.8 Å². The van der Waals surface area contributed by atoms with Gasteiger partial charge in [0.15, 0.2) is 0 Å². The van der Waals surface area contributed by atoms with Crippen LogP contribution in [0, 0.1) is 11.8 Å². The molecule has 0 aromatic heterocycles.